The summed E-state index contributed by atoms with van der Waals surface area (Å²) in [6.07, 6.45) is 0. The molecule has 0 amide bonds. The lowest BCUT2D eigenvalue weighted by Gasteiger charge is -2.09. The standard InChI is InChI=1S/C10H12BrClO/c1-3-13-8-4-5-9(7(2)12)10(11)6-8/h4-7H,3H2,1-2H3. The average molecular weight is 264 g/mol. The molecule has 13 heavy (non-hydrogen) atoms. The average Bonchev–Trinajstić information content (AvgIpc) is 2.04. The zero-order valence-electron chi connectivity index (χ0n) is 7.68. The third-order valence-corrected chi connectivity index (χ3v) is 2.63. The van der Waals surface area contributed by atoms with E-state index in [0.717, 1.165) is 15.8 Å². The molecule has 1 aromatic rings. The van der Waals surface area contributed by atoms with Gasteiger partial charge in [0.15, 0.2) is 0 Å². The van der Waals surface area contributed by atoms with Gasteiger partial charge in [0, 0.05) is 4.47 Å². The Morgan fingerprint density at radius 2 is 2.23 bits per heavy atom. The molecule has 1 rings (SSSR count). The molecule has 0 saturated carbocycles. The summed E-state index contributed by atoms with van der Waals surface area (Å²) < 4.78 is 6.35. The number of ether oxygens (including phenoxy) is 1. The molecule has 0 aromatic heterocycles. The molecule has 1 unspecified atom stereocenters. The van der Waals surface area contributed by atoms with Crippen LogP contribution in [-0.2, 0) is 0 Å². The van der Waals surface area contributed by atoms with E-state index in [0.29, 0.717) is 6.61 Å². The lowest BCUT2D eigenvalue weighted by molar-refractivity contribution is 0.340. The Kier molecular flexibility index (Phi) is 4.07. The molecular formula is C10H12BrClO. The van der Waals surface area contributed by atoms with Crippen LogP contribution < -0.4 is 4.74 Å². The summed E-state index contributed by atoms with van der Waals surface area (Å²) in [5, 5.41) is 0.0186. The van der Waals surface area contributed by atoms with E-state index in [1.807, 2.05) is 32.0 Å². The maximum Gasteiger partial charge on any atom is 0.120 e. The highest BCUT2D eigenvalue weighted by Crippen LogP contribution is 2.30. The third kappa shape index (κ3) is 2.89. The predicted octanol–water partition coefficient (Wildman–Crippen LogP) is 4.15. The van der Waals surface area contributed by atoms with Crippen LogP contribution in [0.1, 0.15) is 24.8 Å². The van der Waals surface area contributed by atoms with E-state index in [1.54, 1.807) is 0 Å². The largest absolute Gasteiger partial charge is 0.494 e. The molecule has 0 bridgehead atoms. The normalized spacial score (nSPS) is 12.6. The van der Waals surface area contributed by atoms with Gasteiger partial charge in [-0.3, -0.25) is 0 Å². The van der Waals surface area contributed by atoms with Gasteiger partial charge in [-0.15, -0.1) is 11.6 Å². The van der Waals surface area contributed by atoms with Crippen LogP contribution in [0.3, 0.4) is 0 Å². The van der Waals surface area contributed by atoms with Crippen molar-refractivity contribution in [2.45, 2.75) is 19.2 Å². The molecule has 0 heterocycles. The van der Waals surface area contributed by atoms with Crippen molar-refractivity contribution in [2.24, 2.45) is 0 Å². The number of hydrogen-bond donors (Lipinski definition) is 0. The van der Waals surface area contributed by atoms with E-state index >= 15 is 0 Å². The van der Waals surface area contributed by atoms with E-state index in [9.17, 15) is 0 Å². The highest BCUT2D eigenvalue weighted by molar-refractivity contribution is 9.10. The highest BCUT2D eigenvalue weighted by atomic mass is 79.9. The van der Waals surface area contributed by atoms with Gasteiger partial charge >= 0.3 is 0 Å². The summed E-state index contributed by atoms with van der Waals surface area (Å²) in [5.41, 5.74) is 1.09. The molecule has 0 radical (unpaired) electrons. The first-order valence-corrected chi connectivity index (χ1v) is 5.44. The lowest BCUT2D eigenvalue weighted by atomic mass is 10.1. The monoisotopic (exact) mass is 262 g/mol. The Morgan fingerprint density at radius 3 is 2.69 bits per heavy atom. The van der Waals surface area contributed by atoms with Crippen LogP contribution in [0.2, 0.25) is 0 Å². The molecule has 0 aliphatic heterocycles. The fraction of sp³-hybridized carbons (Fsp3) is 0.400. The summed E-state index contributed by atoms with van der Waals surface area (Å²) in [6, 6.07) is 5.85. The quantitative estimate of drug-likeness (QED) is 0.745. The smallest absolute Gasteiger partial charge is 0.120 e. The van der Waals surface area contributed by atoms with Gasteiger partial charge in [0.25, 0.3) is 0 Å². The maximum atomic E-state index is 5.97. The molecule has 1 nitrogen and oxygen atoms in total. The molecule has 1 atom stereocenters. The Labute approximate surface area is 92.2 Å². The second-order valence-electron chi connectivity index (χ2n) is 2.73. The Morgan fingerprint density at radius 1 is 1.54 bits per heavy atom. The summed E-state index contributed by atoms with van der Waals surface area (Å²) in [4.78, 5) is 0. The Hall–Kier alpha value is -0.210. The van der Waals surface area contributed by atoms with Crippen molar-refractivity contribution >= 4 is 27.5 Å². The molecule has 72 valence electrons. The van der Waals surface area contributed by atoms with Crippen LogP contribution in [0.25, 0.3) is 0 Å². The molecular weight excluding hydrogens is 251 g/mol. The predicted molar refractivity (Wildman–Crippen MR) is 59.6 cm³/mol. The first kappa shape index (κ1) is 10.9. The van der Waals surface area contributed by atoms with Crippen molar-refractivity contribution in [3.8, 4) is 5.75 Å². The van der Waals surface area contributed by atoms with Crippen molar-refractivity contribution in [3.05, 3.63) is 28.2 Å². The number of rotatable bonds is 3. The van der Waals surface area contributed by atoms with Crippen molar-refractivity contribution in [1.82, 2.24) is 0 Å². The molecule has 0 fully saturated rings. The molecule has 1 aromatic carbocycles. The summed E-state index contributed by atoms with van der Waals surface area (Å²) >= 11 is 9.42. The molecule has 3 heteroatoms. The van der Waals surface area contributed by atoms with Crippen LogP contribution in [0.15, 0.2) is 22.7 Å². The van der Waals surface area contributed by atoms with Crippen molar-refractivity contribution in [2.75, 3.05) is 6.61 Å². The van der Waals surface area contributed by atoms with Gasteiger partial charge in [-0.25, -0.2) is 0 Å². The van der Waals surface area contributed by atoms with E-state index in [1.165, 1.54) is 0 Å². The summed E-state index contributed by atoms with van der Waals surface area (Å²) in [5.74, 6) is 0.871. The summed E-state index contributed by atoms with van der Waals surface area (Å²) in [6.45, 7) is 4.59. The first-order chi connectivity index (χ1) is 6.15. The number of hydrogen-bond acceptors (Lipinski definition) is 1. The van der Waals surface area contributed by atoms with Crippen molar-refractivity contribution in [3.63, 3.8) is 0 Å². The van der Waals surface area contributed by atoms with E-state index in [4.69, 9.17) is 16.3 Å². The summed E-state index contributed by atoms with van der Waals surface area (Å²) in [7, 11) is 0. The molecule has 0 aliphatic rings. The number of alkyl halides is 1. The van der Waals surface area contributed by atoms with Crippen LogP contribution in [0.4, 0.5) is 0 Å². The minimum atomic E-state index is 0.0186. The van der Waals surface area contributed by atoms with Crippen LogP contribution in [0, 0.1) is 0 Å². The molecule has 0 aliphatic carbocycles. The van der Waals surface area contributed by atoms with Gasteiger partial charge in [0.1, 0.15) is 5.75 Å². The van der Waals surface area contributed by atoms with Crippen LogP contribution >= 0.6 is 27.5 Å². The third-order valence-electron chi connectivity index (χ3n) is 1.71. The highest BCUT2D eigenvalue weighted by Gasteiger charge is 2.06. The SMILES string of the molecule is CCOc1ccc(C(C)Cl)c(Br)c1. The number of halogens is 2. The van der Waals surface area contributed by atoms with E-state index in [2.05, 4.69) is 15.9 Å². The second kappa shape index (κ2) is 4.87. The second-order valence-corrected chi connectivity index (χ2v) is 4.24. The van der Waals surface area contributed by atoms with Gasteiger partial charge in [0.05, 0.1) is 12.0 Å². The van der Waals surface area contributed by atoms with Crippen molar-refractivity contribution < 1.29 is 4.74 Å². The Bertz CT molecular complexity index is 286. The van der Waals surface area contributed by atoms with Gasteiger partial charge in [0.2, 0.25) is 0 Å². The van der Waals surface area contributed by atoms with Crippen LogP contribution in [-0.4, -0.2) is 6.61 Å². The first-order valence-electron chi connectivity index (χ1n) is 4.21. The molecule has 0 N–H and O–H groups in total. The maximum absolute atomic E-state index is 5.97. The van der Waals surface area contributed by atoms with Crippen molar-refractivity contribution in [1.29, 1.82) is 0 Å². The van der Waals surface area contributed by atoms with E-state index in [-0.39, 0.29) is 5.38 Å². The zero-order valence-corrected chi connectivity index (χ0v) is 10.0. The molecule has 0 spiro atoms. The number of benzene rings is 1. The van der Waals surface area contributed by atoms with Crippen LogP contribution in [0.5, 0.6) is 5.75 Å². The lowest BCUT2D eigenvalue weighted by Crippen LogP contribution is -1.93. The minimum absolute atomic E-state index is 0.0186. The van der Waals surface area contributed by atoms with Gasteiger partial charge in [-0.1, -0.05) is 22.0 Å². The Balaban J connectivity index is 2.92. The fourth-order valence-electron chi connectivity index (χ4n) is 1.09. The van der Waals surface area contributed by atoms with Gasteiger partial charge in [-0.05, 0) is 31.5 Å². The topological polar surface area (TPSA) is 9.23 Å². The minimum Gasteiger partial charge on any atom is -0.494 e. The van der Waals surface area contributed by atoms with Gasteiger partial charge in [-0.2, -0.15) is 0 Å². The fourth-order valence-corrected chi connectivity index (χ4v) is 2.11. The zero-order chi connectivity index (χ0) is 9.84. The van der Waals surface area contributed by atoms with E-state index < -0.39 is 0 Å². The van der Waals surface area contributed by atoms with Gasteiger partial charge < -0.3 is 4.74 Å². The molecule has 0 saturated heterocycles.